The third-order valence-electron chi connectivity index (χ3n) is 3.07. The first-order valence-electron chi connectivity index (χ1n) is 5.87. The van der Waals surface area contributed by atoms with E-state index in [1.807, 2.05) is 30.3 Å². The Balaban J connectivity index is 2.24. The number of nitrogens with one attached hydrogen (secondary N) is 1. The maximum Gasteiger partial charge on any atom is 0.365 e. The van der Waals surface area contributed by atoms with E-state index in [9.17, 15) is 9.36 Å². The van der Waals surface area contributed by atoms with Crippen LogP contribution in [0.4, 0.5) is 0 Å². The monoisotopic (exact) mass is 281 g/mol. The maximum atomic E-state index is 12.2. The number of benzene rings is 1. The van der Waals surface area contributed by atoms with Crippen LogP contribution in [0.25, 0.3) is 0 Å². The van der Waals surface area contributed by atoms with Crippen molar-refractivity contribution in [2.45, 2.75) is 12.5 Å². The number of allylic oxidation sites excluding steroid dienone is 1. The van der Waals surface area contributed by atoms with Gasteiger partial charge >= 0.3 is 7.60 Å². The average molecular weight is 281 g/mol. The normalized spacial score (nSPS) is 19.8. The minimum Gasteiger partial charge on any atom is -0.383 e. The Morgan fingerprint density at radius 1 is 1.21 bits per heavy atom. The highest BCUT2D eigenvalue weighted by Crippen LogP contribution is 2.56. The largest absolute Gasteiger partial charge is 0.383 e. The molecule has 5 nitrogen and oxygen atoms in total. The highest BCUT2D eigenvalue weighted by atomic mass is 31.2. The van der Waals surface area contributed by atoms with Gasteiger partial charge in [0.25, 0.3) is 0 Å². The topological polar surface area (TPSA) is 64.6 Å². The SMILES string of the molecule is COP(=O)(OC)C1=CN[C@@H](c2ccccc2)CC1=O. The molecule has 19 heavy (non-hydrogen) atoms. The Morgan fingerprint density at radius 3 is 2.37 bits per heavy atom. The minimum absolute atomic E-state index is 0.0738. The zero-order chi connectivity index (χ0) is 13.9. The zero-order valence-electron chi connectivity index (χ0n) is 10.8. The van der Waals surface area contributed by atoms with Gasteiger partial charge in [-0.3, -0.25) is 9.36 Å². The Morgan fingerprint density at radius 2 is 1.84 bits per heavy atom. The van der Waals surface area contributed by atoms with Gasteiger partial charge in [-0.2, -0.15) is 0 Å². The summed E-state index contributed by atoms with van der Waals surface area (Å²) in [4.78, 5) is 12.1. The van der Waals surface area contributed by atoms with Gasteiger partial charge in [0, 0.05) is 26.8 Å². The Kier molecular flexibility index (Phi) is 4.20. The zero-order valence-corrected chi connectivity index (χ0v) is 11.7. The molecular formula is C13H16NO4P. The van der Waals surface area contributed by atoms with Crippen molar-refractivity contribution in [1.82, 2.24) is 5.32 Å². The summed E-state index contributed by atoms with van der Waals surface area (Å²) in [6.45, 7) is 0. The molecule has 1 aliphatic rings. The van der Waals surface area contributed by atoms with E-state index in [0.717, 1.165) is 5.56 Å². The molecule has 1 atom stereocenters. The standard InChI is InChI=1S/C13H16NO4P/c1-17-19(16,18-2)13-9-14-11(8-12(13)15)10-6-4-3-5-7-10/h3-7,9,11,14H,8H2,1-2H3/t11-/m1/s1. The van der Waals surface area contributed by atoms with Crippen molar-refractivity contribution in [3.05, 3.63) is 47.4 Å². The van der Waals surface area contributed by atoms with Crippen molar-refractivity contribution in [2.75, 3.05) is 14.2 Å². The summed E-state index contributed by atoms with van der Waals surface area (Å²) in [5.74, 6) is -0.223. The molecule has 1 aromatic rings. The molecule has 2 rings (SSSR count). The van der Waals surface area contributed by atoms with E-state index in [1.54, 1.807) is 0 Å². The van der Waals surface area contributed by atoms with Crippen LogP contribution in [-0.2, 0) is 18.4 Å². The number of carbonyl (C=O) groups excluding carboxylic acids is 1. The van der Waals surface area contributed by atoms with Crippen LogP contribution in [0, 0.1) is 0 Å². The van der Waals surface area contributed by atoms with Crippen LogP contribution < -0.4 is 5.32 Å². The minimum atomic E-state index is -3.48. The van der Waals surface area contributed by atoms with E-state index in [4.69, 9.17) is 9.05 Å². The molecule has 0 spiro atoms. The van der Waals surface area contributed by atoms with Gasteiger partial charge in [-0.1, -0.05) is 30.3 Å². The van der Waals surface area contributed by atoms with Gasteiger partial charge < -0.3 is 14.4 Å². The van der Waals surface area contributed by atoms with Gasteiger partial charge in [-0.15, -0.1) is 0 Å². The molecule has 1 N–H and O–H groups in total. The van der Waals surface area contributed by atoms with Gasteiger partial charge in [0.2, 0.25) is 0 Å². The third-order valence-corrected chi connectivity index (χ3v) is 5.00. The Labute approximate surface area is 112 Å². The lowest BCUT2D eigenvalue weighted by molar-refractivity contribution is -0.116. The van der Waals surface area contributed by atoms with Crippen LogP contribution in [0.3, 0.4) is 0 Å². The van der Waals surface area contributed by atoms with E-state index in [2.05, 4.69) is 5.32 Å². The van der Waals surface area contributed by atoms with E-state index >= 15 is 0 Å². The molecule has 1 aromatic carbocycles. The molecule has 0 radical (unpaired) electrons. The van der Waals surface area contributed by atoms with Gasteiger partial charge in [-0.05, 0) is 5.56 Å². The van der Waals surface area contributed by atoms with Crippen molar-refractivity contribution in [3.8, 4) is 0 Å². The molecular weight excluding hydrogens is 265 g/mol. The second kappa shape index (κ2) is 5.70. The molecule has 0 amide bonds. The van der Waals surface area contributed by atoms with Gasteiger partial charge in [0.05, 0.1) is 6.04 Å². The van der Waals surface area contributed by atoms with Gasteiger partial charge in [-0.25, -0.2) is 0 Å². The predicted molar refractivity (Wildman–Crippen MR) is 71.7 cm³/mol. The molecule has 0 bridgehead atoms. The second-order valence-corrected chi connectivity index (χ2v) is 6.36. The van der Waals surface area contributed by atoms with Crippen LogP contribution in [0.1, 0.15) is 18.0 Å². The molecule has 0 unspecified atom stereocenters. The summed E-state index contributed by atoms with van der Waals surface area (Å²) in [5.41, 5.74) is 1.01. The fourth-order valence-corrected chi connectivity index (χ4v) is 3.18. The summed E-state index contributed by atoms with van der Waals surface area (Å²) >= 11 is 0. The molecule has 1 heterocycles. The lowest BCUT2D eigenvalue weighted by Crippen LogP contribution is -2.26. The predicted octanol–water partition coefficient (Wildman–Crippen LogP) is 2.62. The first kappa shape index (κ1) is 14.0. The van der Waals surface area contributed by atoms with Crippen LogP contribution in [0.5, 0.6) is 0 Å². The number of hydrogen-bond acceptors (Lipinski definition) is 5. The quantitative estimate of drug-likeness (QED) is 0.859. The molecule has 0 saturated heterocycles. The van der Waals surface area contributed by atoms with Gasteiger partial charge in [0.1, 0.15) is 5.31 Å². The summed E-state index contributed by atoms with van der Waals surface area (Å²) in [6, 6.07) is 9.51. The van der Waals surface area contributed by atoms with Crippen molar-refractivity contribution < 1.29 is 18.4 Å². The number of ketones is 1. The maximum absolute atomic E-state index is 12.2. The summed E-state index contributed by atoms with van der Waals surface area (Å²) in [5, 5.41) is 3.15. The van der Waals surface area contributed by atoms with Crippen LogP contribution in [-0.4, -0.2) is 20.0 Å². The van der Waals surface area contributed by atoms with Crippen molar-refractivity contribution in [2.24, 2.45) is 0 Å². The first-order chi connectivity index (χ1) is 9.10. The van der Waals surface area contributed by atoms with E-state index in [-0.39, 0.29) is 23.6 Å². The molecule has 102 valence electrons. The van der Waals surface area contributed by atoms with Crippen LogP contribution in [0.15, 0.2) is 41.8 Å². The second-order valence-electron chi connectivity index (χ2n) is 4.15. The van der Waals surface area contributed by atoms with Gasteiger partial charge in [0.15, 0.2) is 5.78 Å². The molecule has 6 heteroatoms. The summed E-state index contributed by atoms with van der Waals surface area (Å²) < 4.78 is 21.9. The highest BCUT2D eigenvalue weighted by Gasteiger charge is 2.36. The lowest BCUT2D eigenvalue weighted by Gasteiger charge is -2.25. The highest BCUT2D eigenvalue weighted by molar-refractivity contribution is 7.60. The summed E-state index contributed by atoms with van der Waals surface area (Å²) in [6.07, 6.45) is 1.67. The van der Waals surface area contributed by atoms with Crippen molar-refractivity contribution in [1.29, 1.82) is 0 Å². The van der Waals surface area contributed by atoms with Crippen molar-refractivity contribution in [3.63, 3.8) is 0 Å². The average Bonchev–Trinajstić information content (AvgIpc) is 2.47. The molecule has 1 aliphatic heterocycles. The Hall–Kier alpha value is -1.42. The Bertz CT molecular complexity index is 533. The lowest BCUT2D eigenvalue weighted by atomic mass is 9.99. The molecule has 0 aliphatic carbocycles. The number of hydrogen-bond donors (Lipinski definition) is 1. The third kappa shape index (κ3) is 2.78. The number of carbonyl (C=O) groups is 1. The molecule has 0 saturated carbocycles. The van der Waals surface area contributed by atoms with E-state index in [0.29, 0.717) is 0 Å². The molecule has 0 aromatic heterocycles. The van der Waals surface area contributed by atoms with Crippen LogP contribution in [0.2, 0.25) is 0 Å². The van der Waals surface area contributed by atoms with Crippen LogP contribution >= 0.6 is 7.60 Å². The van der Waals surface area contributed by atoms with E-state index in [1.165, 1.54) is 20.4 Å². The fourth-order valence-electron chi connectivity index (χ4n) is 2.01. The summed E-state index contributed by atoms with van der Waals surface area (Å²) in [7, 11) is -0.951. The number of rotatable bonds is 4. The van der Waals surface area contributed by atoms with E-state index < -0.39 is 7.60 Å². The molecule has 0 fully saturated rings. The van der Waals surface area contributed by atoms with Crippen molar-refractivity contribution >= 4 is 13.4 Å². The number of Topliss-reactive ketones (excluding diaryl/α,β-unsaturated/α-hetero) is 1. The fraction of sp³-hybridized carbons (Fsp3) is 0.308. The smallest absolute Gasteiger partial charge is 0.365 e. The first-order valence-corrected chi connectivity index (χ1v) is 7.41.